The van der Waals surface area contributed by atoms with E-state index >= 15 is 0 Å². The van der Waals surface area contributed by atoms with Crippen LogP contribution in [-0.2, 0) is 10.0 Å². The van der Waals surface area contributed by atoms with Crippen LogP contribution in [0.5, 0.6) is 0 Å². The highest BCUT2D eigenvalue weighted by atomic mass is 32.2. The molecule has 7 nitrogen and oxygen atoms in total. The van der Waals surface area contributed by atoms with Crippen molar-refractivity contribution in [1.29, 1.82) is 0 Å². The normalized spacial score (nSPS) is 21.9. The third-order valence-electron chi connectivity index (χ3n) is 5.37. The number of hydrogen-bond acceptors (Lipinski definition) is 4. The highest BCUT2D eigenvalue weighted by molar-refractivity contribution is 7.90. The predicted molar refractivity (Wildman–Crippen MR) is 108 cm³/mol. The minimum Gasteiger partial charge on any atom is -0.357 e. The van der Waals surface area contributed by atoms with Crippen LogP contribution in [0.25, 0.3) is 0 Å². The lowest BCUT2D eigenvalue weighted by Gasteiger charge is -2.33. The number of halogens is 3. The maximum absolute atomic E-state index is 12.7. The first-order chi connectivity index (χ1) is 13.7. The molecule has 0 radical (unpaired) electrons. The summed E-state index contributed by atoms with van der Waals surface area (Å²) in [7, 11) is -5.23. The summed E-state index contributed by atoms with van der Waals surface area (Å²) >= 11 is 0. The molecule has 0 saturated carbocycles. The van der Waals surface area contributed by atoms with E-state index in [1.165, 1.54) is 0 Å². The molecule has 0 aromatic heterocycles. The number of nitrogens with one attached hydrogen (secondary N) is 2. The Morgan fingerprint density at radius 3 is 2.31 bits per heavy atom. The van der Waals surface area contributed by atoms with Crippen LogP contribution in [0.15, 0.2) is 17.6 Å². The Bertz CT molecular complexity index is 653. The van der Waals surface area contributed by atoms with Crippen molar-refractivity contribution in [1.82, 2.24) is 19.8 Å². The van der Waals surface area contributed by atoms with Gasteiger partial charge < -0.3 is 10.6 Å². The molecule has 2 N–H and O–H groups in total. The van der Waals surface area contributed by atoms with Gasteiger partial charge in [-0.1, -0.05) is 6.08 Å². The zero-order valence-electron chi connectivity index (χ0n) is 16.9. The van der Waals surface area contributed by atoms with Gasteiger partial charge in [-0.15, -0.1) is 6.58 Å². The topological polar surface area (TPSA) is 77.0 Å². The van der Waals surface area contributed by atoms with Gasteiger partial charge in [-0.2, -0.15) is 17.5 Å². The maximum atomic E-state index is 12.7. The number of aliphatic imine (C=N–C) groups is 1. The molecular weight excluding hydrogens is 407 g/mol. The molecule has 0 amide bonds. The monoisotopic (exact) mass is 439 g/mol. The third kappa shape index (κ3) is 6.85. The number of sulfonamides is 1. The van der Waals surface area contributed by atoms with Gasteiger partial charge in [0.05, 0.1) is 0 Å². The van der Waals surface area contributed by atoms with E-state index in [0.717, 1.165) is 32.5 Å². The Balaban J connectivity index is 1.83. The number of hydrogen-bond donors (Lipinski definition) is 2. The van der Waals surface area contributed by atoms with Crippen LogP contribution in [0.1, 0.15) is 32.6 Å². The molecule has 0 unspecified atom stereocenters. The predicted octanol–water partition coefficient (Wildman–Crippen LogP) is 1.75. The summed E-state index contributed by atoms with van der Waals surface area (Å²) in [6, 6.07) is 0.327. The molecule has 2 rings (SSSR count). The molecule has 0 bridgehead atoms. The minimum absolute atomic E-state index is 0.0691. The number of guanidine groups is 1. The van der Waals surface area contributed by atoms with E-state index < -0.39 is 15.5 Å². The average Bonchev–Trinajstić information content (AvgIpc) is 2.67. The number of likely N-dealkylation sites (tertiary alicyclic amines) is 1. The quantitative estimate of drug-likeness (QED) is 0.359. The second-order valence-electron chi connectivity index (χ2n) is 7.52. The number of rotatable bonds is 7. The van der Waals surface area contributed by atoms with Crippen molar-refractivity contribution >= 4 is 16.0 Å². The molecule has 2 fully saturated rings. The van der Waals surface area contributed by atoms with Gasteiger partial charge >= 0.3 is 15.5 Å². The second-order valence-corrected chi connectivity index (χ2v) is 9.45. The fourth-order valence-corrected chi connectivity index (χ4v) is 4.64. The van der Waals surface area contributed by atoms with E-state index in [0.29, 0.717) is 42.2 Å². The van der Waals surface area contributed by atoms with Crippen molar-refractivity contribution in [3.8, 4) is 0 Å². The van der Waals surface area contributed by atoms with Gasteiger partial charge in [0.25, 0.3) is 0 Å². The zero-order chi connectivity index (χ0) is 21.5. The lowest BCUT2D eigenvalue weighted by atomic mass is 9.98. The van der Waals surface area contributed by atoms with Crippen LogP contribution < -0.4 is 10.6 Å². The fraction of sp³-hybridized carbons (Fsp3) is 0.833. The van der Waals surface area contributed by atoms with Crippen LogP contribution in [0.4, 0.5) is 13.2 Å². The summed E-state index contributed by atoms with van der Waals surface area (Å²) in [6.45, 7) is 9.57. The number of piperidine rings is 2. The third-order valence-corrected chi connectivity index (χ3v) is 7.00. The van der Waals surface area contributed by atoms with E-state index in [9.17, 15) is 21.6 Å². The molecule has 168 valence electrons. The Hall–Kier alpha value is -1.33. The number of nitrogens with zero attached hydrogens (tertiary/aromatic N) is 3. The molecule has 0 spiro atoms. The van der Waals surface area contributed by atoms with E-state index in [1.54, 1.807) is 0 Å². The SMILES string of the molecule is C=CCN1CCC(NC(=NCC2CCN(S(=O)(=O)C(F)(F)F)CC2)NCC)CC1. The second kappa shape index (κ2) is 10.6. The fourth-order valence-electron chi connectivity index (χ4n) is 3.65. The van der Waals surface area contributed by atoms with Crippen LogP contribution in [0, 0.1) is 5.92 Å². The molecule has 2 aliphatic rings. The van der Waals surface area contributed by atoms with Gasteiger partial charge in [0.2, 0.25) is 0 Å². The van der Waals surface area contributed by atoms with Crippen LogP contribution in [-0.4, -0.2) is 80.9 Å². The highest BCUT2D eigenvalue weighted by Crippen LogP contribution is 2.30. The van der Waals surface area contributed by atoms with E-state index in [4.69, 9.17) is 0 Å². The van der Waals surface area contributed by atoms with E-state index in [-0.39, 0.29) is 19.0 Å². The standard InChI is InChI=1S/C18H32F3N5O2S/c1-3-9-25-10-7-16(8-11-25)24-17(22-4-2)23-14-15-5-12-26(13-6-15)29(27,28)18(19,20)21/h3,15-16H,1,4-14H2,2H3,(H2,22,23,24). The Kier molecular flexibility index (Phi) is 8.77. The van der Waals surface area contributed by atoms with Crippen molar-refractivity contribution < 1.29 is 21.6 Å². The summed E-state index contributed by atoms with van der Waals surface area (Å²) in [6.07, 6.45) is 4.67. The Morgan fingerprint density at radius 1 is 1.17 bits per heavy atom. The van der Waals surface area contributed by atoms with E-state index in [2.05, 4.69) is 27.1 Å². The van der Waals surface area contributed by atoms with Gasteiger partial charge in [0.1, 0.15) is 0 Å². The van der Waals surface area contributed by atoms with Gasteiger partial charge in [-0.25, -0.2) is 8.42 Å². The van der Waals surface area contributed by atoms with Gasteiger partial charge in [0.15, 0.2) is 5.96 Å². The van der Waals surface area contributed by atoms with Crippen LogP contribution >= 0.6 is 0 Å². The van der Waals surface area contributed by atoms with Crippen molar-refractivity contribution in [3.05, 3.63) is 12.7 Å². The van der Waals surface area contributed by atoms with Crippen molar-refractivity contribution in [2.24, 2.45) is 10.9 Å². The van der Waals surface area contributed by atoms with Gasteiger partial charge in [-0.05, 0) is 38.5 Å². The summed E-state index contributed by atoms with van der Waals surface area (Å²) in [5.74, 6) is 0.777. The molecule has 0 aliphatic carbocycles. The largest absolute Gasteiger partial charge is 0.511 e. The van der Waals surface area contributed by atoms with Crippen molar-refractivity contribution in [2.75, 3.05) is 45.8 Å². The van der Waals surface area contributed by atoms with Crippen LogP contribution in [0.3, 0.4) is 0 Å². The molecule has 0 aromatic rings. The Labute approximate surface area is 171 Å². The minimum atomic E-state index is -5.23. The van der Waals surface area contributed by atoms with Crippen LogP contribution in [0.2, 0.25) is 0 Å². The molecule has 0 atom stereocenters. The molecule has 2 aliphatic heterocycles. The first-order valence-electron chi connectivity index (χ1n) is 10.1. The summed E-state index contributed by atoms with van der Waals surface area (Å²) < 4.78 is 61.5. The molecule has 29 heavy (non-hydrogen) atoms. The molecule has 0 aromatic carbocycles. The average molecular weight is 440 g/mol. The summed E-state index contributed by atoms with van der Waals surface area (Å²) in [5, 5.41) is 6.66. The highest BCUT2D eigenvalue weighted by Gasteiger charge is 2.50. The zero-order valence-corrected chi connectivity index (χ0v) is 17.7. The Morgan fingerprint density at radius 2 is 1.79 bits per heavy atom. The summed E-state index contributed by atoms with van der Waals surface area (Å²) in [4.78, 5) is 6.94. The van der Waals surface area contributed by atoms with Gasteiger partial charge in [-0.3, -0.25) is 9.89 Å². The first-order valence-corrected chi connectivity index (χ1v) is 11.6. The van der Waals surface area contributed by atoms with Gasteiger partial charge in [0, 0.05) is 51.9 Å². The van der Waals surface area contributed by atoms with E-state index in [1.807, 2.05) is 13.0 Å². The first kappa shape index (κ1) is 23.9. The molecule has 11 heteroatoms. The van der Waals surface area contributed by atoms with Crippen molar-refractivity contribution in [3.63, 3.8) is 0 Å². The maximum Gasteiger partial charge on any atom is 0.511 e. The smallest absolute Gasteiger partial charge is 0.357 e. The van der Waals surface area contributed by atoms with Crippen molar-refractivity contribution in [2.45, 2.75) is 44.2 Å². The lowest BCUT2D eigenvalue weighted by molar-refractivity contribution is -0.0496. The molecular formula is C18H32F3N5O2S. The summed E-state index contributed by atoms with van der Waals surface area (Å²) in [5.41, 5.74) is -5.23. The molecule has 2 heterocycles. The number of alkyl halides is 3. The lowest BCUT2D eigenvalue weighted by Crippen LogP contribution is -2.49. The molecule has 2 saturated heterocycles.